The van der Waals surface area contributed by atoms with Gasteiger partial charge in [0.05, 0.1) is 7.11 Å². The van der Waals surface area contributed by atoms with Gasteiger partial charge in [-0.05, 0) is 68.1 Å². The van der Waals surface area contributed by atoms with Crippen molar-refractivity contribution in [1.82, 2.24) is 15.6 Å². The Hall–Kier alpha value is -1.91. The second-order valence-corrected chi connectivity index (χ2v) is 6.48. The summed E-state index contributed by atoms with van der Waals surface area (Å²) in [6, 6.07) is 11.8. The number of hydrogen-bond acceptors (Lipinski definition) is 4. The smallest absolute Gasteiger partial charge is 0.123 e. The van der Waals surface area contributed by atoms with Gasteiger partial charge in [-0.1, -0.05) is 6.07 Å². The fourth-order valence-corrected chi connectivity index (χ4v) is 3.48. The third kappa shape index (κ3) is 4.13. The number of aromatic nitrogens is 1. The number of methoxy groups -OCH3 is 1. The van der Waals surface area contributed by atoms with Gasteiger partial charge in [-0.25, -0.2) is 0 Å². The van der Waals surface area contributed by atoms with Crippen molar-refractivity contribution in [2.45, 2.75) is 44.3 Å². The largest absolute Gasteiger partial charge is 0.496 e. The normalized spacial score (nSPS) is 20.8. The van der Waals surface area contributed by atoms with Crippen LogP contribution in [0.2, 0.25) is 0 Å². The number of rotatable bonds is 6. The van der Waals surface area contributed by atoms with E-state index in [9.17, 15) is 0 Å². The summed E-state index contributed by atoms with van der Waals surface area (Å²) in [4.78, 5) is 4.10. The van der Waals surface area contributed by atoms with Gasteiger partial charge in [0.2, 0.25) is 0 Å². The van der Waals surface area contributed by atoms with Crippen LogP contribution in [-0.2, 0) is 6.54 Å². The minimum absolute atomic E-state index is 0.601. The average molecular weight is 325 g/mol. The van der Waals surface area contributed by atoms with E-state index >= 15 is 0 Å². The highest BCUT2D eigenvalue weighted by Gasteiger charge is 2.19. The maximum absolute atomic E-state index is 5.55. The Morgan fingerprint density at radius 2 is 1.71 bits per heavy atom. The summed E-state index contributed by atoms with van der Waals surface area (Å²) in [6.07, 6.45) is 8.63. The number of ether oxygens (including phenoxy) is 1. The van der Waals surface area contributed by atoms with Crippen molar-refractivity contribution in [3.8, 4) is 16.9 Å². The standard InChI is InChI=1S/C20H27N3O/c1-21-18-4-6-19(7-5-18)23-14-17-13-16(3-8-20(17)24-2)15-9-11-22-12-10-15/h3,8-13,18-19,21,23H,4-7,14H2,1-2H3/t18-,19-. The highest BCUT2D eigenvalue weighted by atomic mass is 16.5. The van der Waals surface area contributed by atoms with E-state index in [1.807, 2.05) is 24.5 Å². The molecule has 1 aromatic heterocycles. The summed E-state index contributed by atoms with van der Waals surface area (Å²) >= 11 is 0. The van der Waals surface area contributed by atoms with Gasteiger partial charge in [-0.3, -0.25) is 4.98 Å². The van der Waals surface area contributed by atoms with Gasteiger partial charge in [0, 0.05) is 36.6 Å². The molecule has 0 aliphatic heterocycles. The van der Waals surface area contributed by atoms with Gasteiger partial charge in [0.15, 0.2) is 0 Å². The van der Waals surface area contributed by atoms with E-state index in [0.717, 1.165) is 12.3 Å². The molecule has 0 amide bonds. The van der Waals surface area contributed by atoms with E-state index in [-0.39, 0.29) is 0 Å². The van der Waals surface area contributed by atoms with Crippen LogP contribution < -0.4 is 15.4 Å². The molecular weight excluding hydrogens is 298 g/mol. The van der Waals surface area contributed by atoms with E-state index in [1.54, 1.807) is 7.11 Å². The first kappa shape index (κ1) is 16.9. The highest BCUT2D eigenvalue weighted by Crippen LogP contribution is 2.27. The van der Waals surface area contributed by atoms with Crippen LogP contribution in [0.1, 0.15) is 31.2 Å². The SMILES string of the molecule is CN[C@H]1CC[C@H](NCc2cc(-c3ccncc3)ccc2OC)CC1. The summed E-state index contributed by atoms with van der Waals surface area (Å²) in [5, 5.41) is 7.11. The van der Waals surface area contributed by atoms with Crippen molar-refractivity contribution in [3.05, 3.63) is 48.3 Å². The molecule has 3 rings (SSSR count). The lowest BCUT2D eigenvalue weighted by Crippen LogP contribution is -2.38. The Bertz CT molecular complexity index is 637. The minimum atomic E-state index is 0.601. The molecule has 0 saturated heterocycles. The molecule has 1 fully saturated rings. The fraction of sp³-hybridized carbons (Fsp3) is 0.450. The van der Waals surface area contributed by atoms with Crippen LogP contribution in [0.25, 0.3) is 11.1 Å². The first-order valence-corrected chi connectivity index (χ1v) is 8.78. The van der Waals surface area contributed by atoms with Gasteiger partial charge in [-0.15, -0.1) is 0 Å². The maximum atomic E-state index is 5.55. The number of nitrogens with zero attached hydrogens (tertiary/aromatic N) is 1. The van der Waals surface area contributed by atoms with E-state index in [0.29, 0.717) is 12.1 Å². The van der Waals surface area contributed by atoms with Crippen molar-refractivity contribution < 1.29 is 4.74 Å². The summed E-state index contributed by atoms with van der Waals surface area (Å²) in [5.74, 6) is 0.948. The van der Waals surface area contributed by atoms with E-state index in [4.69, 9.17) is 4.74 Å². The molecule has 4 heteroatoms. The molecule has 0 spiro atoms. The number of nitrogens with one attached hydrogen (secondary N) is 2. The zero-order valence-electron chi connectivity index (χ0n) is 14.6. The molecule has 0 atom stereocenters. The zero-order chi connectivity index (χ0) is 16.8. The Morgan fingerprint density at radius 3 is 2.38 bits per heavy atom. The molecule has 1 aliphatic rings. The molecule has 0 bridgehead atoms. The lowest BCUT2D eigenvalue weighted by molar-refractivity contribution is 0.315. The fourth-order valence-electron chi connectivity index (χ4n) is 3.48. The van der Waals surface area contributed by atoms with Crippen molar-refractivity contribution >= 4 is 0 Å². The topological polar surface area (TPSA) is 46.2 Å². The van der Waals surface area contributed by atoms with Crippen LogP contribution in [0.5, 0.6) is 5.75 Å². The lowest BCUT2D eigenvalue weighted by Gasteiger charge is -2.29. The van der Waals surface area contributed by atoms with Crippen LogP contribution >= 0.6 is 0 Å². The number of benzene rings is 1. The molecule has 24 heavy (non-hydrogen) atoms. The monoisotopic (exact) mass is 325 g/mol. The third-order valence-corrected chi connectivity index (χ3v) is 5.01. The van der Waals surface area contributed by atoms with E-state index in [2.05, 4.69) is 40.9 Å². The van der Waals surface area contributed by atoms with E-state index < -0.39 is 0 Å². The zero-order valence-corrected chi connectivity index (χ0v) is 14.6. The van der Waals surface area contributed by atoms with Crippen LogP contribution in [0.4, 0.5) is 0 Å². The second kappa shape index (κ2) is 8.27. The van der Waals surface area contributed by atoms with Crippen LogP contribution in [0.3, 0.4) is 0 Å². The van der Waals surface area contributed by atoms with Gasteiger partial charge < -0.3 is 15.4 Å². The van der Waals surface area contributed by atoms with Crippen LogP contribution in [0, 0.1) is 0 Å². The summed E-state index contributed by atoms with van der Waals surface area (Å²) < 4.78 is 5.55. The quantitative estimate of drug-likeness (QED) is 0.855. The average Bonchev–Trinajstić information content (AvgIpc) is 2.67. The number of pyridine rings is 1. The van der Waals surface area contributed by atoms with Crippen molar-refractivity contribution in [3.63, 3.8) is 0 Å². The minimum Gasteiger partial charge on any atom is -0.496 e. The molecule has 0 radical (unpaired) electrons. The van der Waals surface area contributed by atoms with Crippen LogP contribution in [0.15, 0.2) is 42.7 Å². The third-order valence-electron chi connectivity index (χ3n) is 5.01. The molecular formula is C20H27N3O. The molecule has 128 valence electrons. The molecule has 1 aromatic carbocycles. The Kier molecular flexibility index (Phi) is 5.83. The summed E-state index contributed by atoms with van der Waals surface area (Å²) in [6.45, 7) is 0.844. The predicted molar refractivity (Wildman–Crippen MR) is 98.2 cm³/mol. The van der Waals surface area contributed by atoms with Gasteiger partial charge in [0.1, 0.15) is 5.75 Å². The summed E-state index contributed by atoms with van der Waals surface area (Å²) in [5.41, 5.74) is 3.60. The second-order valence-electron chi connectivity index (χ2n) is 6.48. The Morgan fingerprint density at radius 1 is 1.00 bits per heavy atom. The van der Waals surface area contributed by atoms with Crippen molar-refractivity contribution in [2.75, 3.05) is 14.2 Å². The molecule has 1 aliphatic carbocycles. The van der Waals surface area contributed by atoms with Crippen molar-refractivity contribution in [1.29, 1.82) is 0 Å². The summed E-state index contributed by atoms with van der Waals surface area (Å²) in [7, 11) is 3.80. The Labute approximate surface area is 144 Å². The first-order chi connectivity index (χ1) is 11.8. The maximum Gasteiger partial charge on any atom is 0.123 e. The molecule has 1 saturated carbocycles. The van der Waals surface area contributed by atoms with Gasteiger partial charge in [-0.2, -0.15) is 0 Å². The highest BCUT2D eigenvalue weighted by molar-refractivity contribution is 5.65. The molecule has 0 unspecified atom stereocenters. The first-order valence-electron chi connectivity index (χ1n) is 8.78. The predicted octanol–water partition coefficient (Wildman–Crippen LogP) is 3.38. The van der Waals surface area contributed by atoms with Gasteiger partial charge in [0.25, 0.3) is 0 Å². The van der Waals surface area contributed by atoms with Crippen LogP contribution in [-0.4, -0.2) is 31.2 Å². The molecule has 4 nitrogen and oxygen atoms in total. The molecule has 1 heterocycles. The lowest BCUT2D eigenvalue weighted by atomic mass is 9.91. The molecule has 2 N–H and O–H groups in total. The van der Waals surface area contributed by atoms with Crippen molar-refractivity contribution in [2.24, 2.45) is 0 Å². The number of hydrogen-bond donors (Lipinski definition) is 2. The van der Waals surface area contributed by atoms with E-state index in [1.165, 1.54) is 42.4 Å². The Balaban J connectivity index is 1.68. The molecule has 2 aromatic rings. The van der Waals surface area contributed by atoms with Gasteiger partial charge >= 0.3 is 0 Å².